The largest absolute Gasteiger partial charge is 0.486 e. The number of anilines is 2. The summed E-state index contributed by atoms with van der Waals surface area (Å²) in [6.07, 6.45) is 0. The molecule has 0 bridgehead atoms. The number of hydrogen-bond acceptors (Lipinski definition) is 7. The highest BCUT2D eigenvalue weighted by molar-refractivity contribution is 7.91. The van der Waals surface area contributed by atoms with E-state index in [1.54, 1.807) is 30.3 Å². The van der Waals surface area contributed by atoms with Gasteiger partial charge in [0, 0.05) is 22.3 Å². The van der Waals surface area contributed by atoms with E-state index in [0.717, 1.165) is 5.56 Å². The van der Waals surface area contributed by atoms with E-state index in [0.29, 0.717) is 41.0 Å². The second-order valence-corrected chi connectivity index (χ2v) is 9.76. The summed E-state index contributed by atoms with van der Waals surface area (Å²) in [6.45, 7) is 2.73. The van der Waals surface area contributed by atoms with Crippen molar-refractivity contribution in [1.29, 1.82) is 0 Å². The van der Waals surface area contributed by atoms with Gasteiger partial charge in [-0.05, 0) is 55.5 Å². The molecule has 0 unspecified atom stereocenters. The summed E-state index contributed by atoms with van der Waals surface area (Å²) < 4.78 is 44.2. The van der Waals surface area contributed by atoms with Gasteiger partial charge in [-0.25, -0.2) is 8.42 Å². The van der Waals surface area contributed by atoms with Crippen molar-refractivity contribution in [2.24, 2.45) is 0 Å². The average molecular weight is 483 g/mol. The quantitative estimate of drug-likeness (QED) is 0.393. The SMILES string of the molecule is Cc1ccc(Nc2oc(-c3ccc(Cl)cc3)nc2S(=O)(=O)c2ccc3c(c2)OCCO3)cc1. The molecule has 0 atom stereocenters. The van der Waals surface area contributed by atoms with E-state index in [-0.39, 0.29) is 21.7 Å². The van der Waals surface area contributed by atoms with Gasteiger partial charge in [0.1, 0.15) is 13.2 Å². The van der Waals surface area contributed by atoms with E-state index in [4.69, 9.17) is 25.5 Å². The number of benzene rings is 3. The number of aryl methyl sites for hydroxylation is 1. The Balaban J connectivity index is 1.61. The van der Waals surface area contributed by atoms with E-state index in [1.807, 2.05) is 31.2 Å². The molecule has 168 valence electrons. The first-order valence-corrected chi connectivity index (χ1v) is 12.0. The Kier molecular flexibility index (Phi) is 5.47. The molecule has 3 aromatic carbocycles. The van der Waals surface area contributed by atoms with Crippen LogP contribution < -0.4 is 14.8 Å². The zero-order chi connectivity index (χ0) is 23.0. The first-order valence-electron chi connectivity index (χ1n) is 10.2. The number of aromatic nitrogens is 1. The first kappa shape index (κ1) is 21.4. The van der Waals surface area contributed by atoms with Crippen LogP contribution in [0.1, 0.15) is 5.56 Å². The summed E-state index contributed by atoms with van der Waals surface area (Å²) in [6, 6.07) is 18.8. The minimum Gasteiger partial charge on any atom is -0.486 e. The third-order valence-corrected chi connectivity index (χ3v) is 6.99. The van der Waals surface area contributed by atoms with Gasteiger partial charge in [0.15, 0.2) is 11.5 Å². The number of nitrogens with one attached hydrogen (secondary N) is 1. The van der Waals surface area contributed by atoms with Crippen molar-refractivity contribution in [3.05, 3.63) is 77.3 Å². The maximum absolute atomic E-state index is 13.6. The van der Waals surface area contributed by atoms with Crippen LogP contribution in [-0.4, -0.2) is 26.6 Å². The lowest BCUT2D eigenvalue weighted by Gasteiger charge is -2.18. The fourth-order valence-corrected chi connectivity index (χ4v) is 4.75. The molecule has 0 radical (unpaired) electrons. The Morgan fingerprint density at radius 3 is 2.33 bits per heavy atom. The van der Waals surface area contributed by atoms with Crippen LogP contribution in [0.25, 0.3) is 11.5 Å². The van der Waals surface area contributed by atoms with Gasteiger partial charge < -0.3 is 19.2 Å². The number of fused-ring (bicyclic) bond motifs is 1. The number of oxazole rings is 1. The van der Waals surface area contributed by atoms with Crippen molar-refractivity contribution in [2.75, 3.05) is 18.5 Å². The van der Waals surface area contributed by atoms with Crippen LogP contribution in [0, 0.1) is 6.92 Å². The zero-order valence-electron chi connectivity index (χ0n) is 17.5. The first-order chi connectivity index (χ1) is 15.9. The van der Waals surface area contributed by atoms with Gasteiger partial charge in [0.25, 0.3) is 0 Å². The van der Waals surface area contributed by atoms with Crippen LogP contribution in [0.2, 0.25) is 5.02 Å². The molecule has 0 fully saturated rings. The monoisotopic (exact) mass is 482 g/mol. The van der Waals surface area contributed by atoms with Gasteiger partial charge in [0.05, 0.1) is 4.90 Å². The third-order valence-electron chi connectivity index (χ3n) is 5.08. The lowest BCUT2D eigenvalue weighted by Crippen LogP contribution is -2.16. The predicted molar refractivity (Wildman–Crippen MR) is 124 cm³/mol. The molecular weight excluding hydrogens is 464 g/mol. The van der Waals surface area contributed by atoms with Crippen LogP contribution in [-0.2, 0) is 9.84 Å². The van der Waals surface area contributed by atoms with Crippen LogP contribution in [0.5, 0.6) is 11.5 Å². The minimum atomic E-state index is -4.06. The Labute approximate surface area is 195 Å². The maximum atomic E-state index is 13.6. The zero-order valence-corrected chi connectivity index (χ0v) is 19.1. The number of nitrogens with zero attached hydrogens (tertiary/aromatic N) is 1. The van der Waals surface area contributed by atoms with Gasteiger partial charge in [0.2, 0.25) is 26.6 Å². The molecule has 1 aliphatic heterocycles. The van der Waals surface area contributed by atoms with Crippen molar-refractivity contribution in [3.8, 4) is 23.0 Å². The van der Waals surface area contributed by atoms with Crippen LogP contribution in [0.3, 0.4) is 0 Å². The molecule has 0 aliphatic carbocycles. The number of rotatable bonds is 5. The van der Waals surface area contributed by atoms with Crippen LogP contribution in [0.15, 0.2) is 81.1 Å². The van der Waals surface area contributed by atoms with Gasteiger partial charge in [-0.1, -0.05) is 29.3 Å². The standard InChI is InChI=1S/C24H19ClN2O5S/c1-15-2-8-18(9-3-15)26-23-24(27-22(32-23)16-4-6-17(25)7-5-16)33(28,29)19-10-11-20-21(14-19)31-13-12-30-20/h2-11,14,26H,12-13H2,1H3. The Bertz CT molecular complexity index is 1410. The highest BCUT2D eigenvalue weighted by atomic mass is 35.5. The molecule has 9 heteroatoms. The van der Waals surface area contributed by atoms with Crippen molar-refractivity contribution in [2.45, 2.75) is 16.8 Å². The van der Waals surface area contributed by atoms with Gasteiger partial charge in [-0.2, -0.15) is 4.98 Å². The molecule has 4 aromatic rings. The molecule has 1 aromatic heterocycles. The highest BCUT2D eigenvalue weighted by Gasteiger charge is 2.30. The van der Waals surface area contributed by atoms with E-state index in [1.165, 1.54) is 12.1 Å². The summed E-state index contributed by atoms with van der Waals surface area (Å²) >= 11 is 5.99. The molecular formula is C24H19ClN2O5S. The van der Waals surface area contributed by atoms with Crippen molar-refractivity contribution in [3.63, 3.8) is 0 Å². The van der Waals surface area contributed by atoms with E-state index in [2.05, 4.69) is 10.3 Å². The Hall–Kier alpha value is -3.49. The van der Waals surface area contributed by atoms with Crippen LogP contribution in [0.4, 0.5) is 11.6 Å². The third kappa shape index (κ3) is 4.27. The molecule has 7 nitrogen and oxygen atoms in total. The molecule has 1 N–H and O–H groups in total. The maximum Gasteiger partial charge on any atom is 0.238 e. The number of sulfone groups is 1. The molecule has 5 rings (SSSR count). The van der Waals surface area contributed by atoms with Crippen molar-refractivity contribution >= 4 is 33.0 Å². The predicted octanol–water partition coefficient (Wildman–Crippen LogP) is 5.65. The summed E-state index contributed by atoms with van der Waals surface area (Å²) in [5.41, 5.74) is 2.33. The fourth-order valence-electron chi connectivity index (χ4n) is 3.35. The summed E-state index contributed by atoms with van der Waals surface area (Å²) in [7, 11) is -4.06. The second kappa shape index (κ2) is 8.46. The molecule has 0 saturated carbocycles. The lowest BCUT2D eigenvalue weighted by atomic mass is 10.2. The smallest absolute Gasteiger partial charge is 0.238 e. The van der Waals surface area contributed by atoms with Crippen molar-refractivity contribution in [1.82, 2.24) is 4.98 Å². The van der Waals surface area contributed by atoms with E-state index in [9.17, 15) is 8.42 Å². The second-order valence-electron chi connectivity index (χ2n) is 7.46. The molecule has 1 aliphatic rings. The topological polar surface area (TPSA) is 90.7 Å². The highest BCUT2D eigenvalue weighted by Crippen LogP contribution is 2.38. The normalized spacial score (nSPS) is 13.0. The molecule has 0 amide bonds. The summed E-state index contributed by atoms with van der Waals surface area (Å²) in [4.78, 5) is 4.37. The van der Waals surface area contributed by atoms with Gasteiger partial charge >= 0.3 is 0 Å². The molecule has 33 heavy (non-hydrogen) atoms. The van der Waals surface area contributed by atoms with Crippen molar-refractivity contribution < 1.29 is 22.3 Å². The minimum absolute atomic E-state index is 0.0127. The molecule has 2 heterocycles. The van der Waals surface area contributed by atoms with E-state index < -0.39 is 9.84 Å². The summed E-state index contributed by atoms with van der Waals surface area (Å²) in [5, 5.41) is 3.37. The van der Waals surface area contributed by atoms with E-state index >= 15 is 0 Å². The van der Waals surface area contributed by atoms with Crippen LogP contribution >= 0.6 is 11.6 Å². The molecule has 0 spiro atoms. The lowest BCUT2D eigenvalue weighted by molar-refractivity contribution is 0.171. The number of hydrogen-bond donors (Lipinski definition) is 1. The average Bonchev–Trinajstić information content (AvgIpc) is 3.25. The van der Waals surface area contributed by atoms with Gasteiger partial charge in [-0.15, -0.1) is 0 Å². The number of halogens is 1. The fraction of sp³-hybridized carbons (Fsp3) is 0.125. The Morgan fingerprint density at radius 2 is 1.61 bits per heavy atom. The molecule has 0 saturated heterocycles. The Morgan fingerprint density at radius 1 is 0.909 bits per heavy atom. The summed E-state index contributed by atoms with van der Waals surface area (Å²) in [5.74, 6) is 1.04. The number of ether oxygens (including phenoxy) is 2. The van der Waals surface area contributed by atoms with Gasteiger partial charge in [-0.3, -0.25) is 0 Å².